The average molecular weight is 421 g/mol. The van der Waals surface area contributed by atoms with Crippen molar-refractivity contribution < 1.29 is 4.79 Å². The molecule has 2 aliphatic heterocycles. The standard InChI is InChI=1S/C22H28N8O/c1-14-12-18-21(31)26-16-4-3-5-17(16)30(18)20(14)28-22(23-2)27-19-7-6-15(13-25-19)29-10-8-24-9-11-29/h6-7,12-13,16-17,24H,2-5,8-11H2,1H3,(H,26,31)(H,25,27,28)/t16-,17-/m0/s1. The van der Waals surface area contributed by atoms with Crippen molar-refractivity contribution in [3.8, 4) is 0 Å². The predicted molar refractivity (Wildman–Crippen MR) is 123 cm³/mol. The first kappa shape index (κ1) is 19.7. The van der Waals surface area contributed by atoms with Gasteiger partial charge in [-0.1, -0.05) is 0 Å². The average Bonchev–Trinajstić information content (AvgIpc) is 3.39. The number of hydrogen-bond donors (Lipinski definition) is 3. The van der Waals surface area contributed by atoms with Gasteiger partial charge in [0.2, 0.25) is 5.96 Å². The maximum Gasteiger partial charge on any atom is 0.268 e. The number of anilines is 2. The fourth-order valence-corrected chi connectivity index (χ4v) is 4.84. The van der Waals surface area contributed by atoms with E-state index in [0.717, 1.165) is 62.5 Å². The van der Waals surface area contributed by atoms with Gasteiger partial charge in [-0.15, -0.1) is 0 Å². The molecule has 2 fully saturated rings. The maximum atomic E-state index is 12.6. The van der Waals surface area contributed by atoms with Gasteiger partial charge in [-0.25, -0.2) is 9.98 Å². The first-order valence-electron chi connectivity index (χ1n) is 10.9. The summed E-state index contributed by atoms with van der Waals surface area (Å²) >= 11 is 0. The molecular formula is C22H28N8O. The summed E-state index contributed by atoms with van der Waals surface area (Å²) in [6, 6.07) is 6.30. The molecule has 31 heavy (non-hydrogen) atoms. The van der Waals surface area contributed by atoms with E-state index in [4.69, 9.17) is 4.99 Å². The van der Waals surface area contributed by atoms with Crippen LogP contribution < -0.4 is 20.9 Å². The summed E-state index contributed by atoms with van der Waals surface area (Å²) in [5.41, 5.74) is 2.72. The molecule has 1 saturated heterocycles. The van der Waals surface area contributed by atoms with Crippen molar-refractivity contribution in [1.29, 1.82) is 0 Å². The zero-order valence-electron chi connectivity index (χ0n) is 17.8. The summed E-state index contributed by atoms with van der Waals surface area (Å²) in [7, 11) is 0. The van der Waals surface area contributed by atoms with Gasteiger partial charge < -0.3 is 25.4 Å². The molecule has 0 aromatic carbocycles. The van der Waals surface area contributed by atoms with Gasteiger partial charge >= 0.3 is 0 Å². The van der Waals surface area contributed by atoms with Crippen LogP contribution in [0, 0.1) is 6.92 Å². The minimum atomic E-state index is -0.0288. The zero-order valence-corrected chi connectivity index (χ0v) is 17.8. The lowest BCUT2D eigenvalue weighted by Crippen LogP contribution is -2.44. The van der Waals surface area contributed by atoms with E-state index in [2.05, 4.69) is 48.2 Å². The summed E-state index contributed by atoms with van der Waals surface area (Å²) in [5.74, 6) is 1.75. The lowest BCUT2D eigenvalue weighted by molar-refractivity contribution is 0.0890. The monoisotopic (exact) mass is 420 g/mol. The highest BCUT2D eigenvalue weighted by Gasteiger charge is 2.38. The van der Waals surface area contributed by atoms with E-state index in [1.165, 1.54) is 0 Å². The van der Waals surface area contributed by atoms with E-state index < -0.39 is 0 Å². The topological polar surface area (TPSA) is 98.9 Å². The highest BCUT2D eigenvalue weighted by molar-refractivity contribution is 5.99. The molecule has 9 heteroatoms. The number of guanidine groups is 1. The Labute approximate surface area is 181 Å². The molecule has 0 unspecified atom stereocenters. The van der Waals surface area contributed by atoms with Gasteiger partial charge in [-0.3, -0.25) is 4.79 Å². The third-order valence-electron chi connectivity index (χ3n) is 6.39. The number of nitrogens with zero attached hydrogens (tertiary/aromatic N) is 5. The molecule has 0 bridgehead atoms. The molecule has 3 N–H and O–H groups in total. The number of aliphatic imine (C=N–C) groups is 2. The van der Waals surface area contributed by atoms with Crippen LogP contribution in [0.3, 0.4) is 0 Å². The van der Waals surface area contributed by atoms with Gasteiger partial charge in [-0.2, -0.15) is 4.99 Å². The van der Waals surface area contributed by atoms with Crippen LogP contribution in [-0.4, -0.2) is 60.4 Å². The SMILES string of the molecule is C=N/C(=N\c1c(C)cc2n1[C@H]1CCC[C@@H]1NC2=O)Nc1ccc(N2CCNCC2)cn1. The molecule has 2 aromatic heterocycles. The summed E-state index contributed by atoms with van der Waals surface area (Å²) in [6.45, 7) is 9.57. The van der Waals surface area contributed by atoms with Gasteiger partial charge in [0.25, 0.3) is 5.91 Å². The Morgan fingerprint density at radius 2 is 2.13 bits per heavy atom. The molecule has 1 saturated carbocycles. The normalized spacial score (nSPS) is 23.2. The summed E-state index contributed by atoms with van der Waals surface area (Å²) in [6.07, 6.45) is 5.01. The molecule has 162 valence electrons. The molecule has 3 aliphatic rings. The summed E-state index contributed by atoms with van der Waals surface area (Å²) in [4.78, 5) is 28.2. The van der Waals surface area contributed by atoms with E-state index in [-0.39, 0.29) is 18.0 Å². The quantitative estimate of drug-likeness (QED) is 0.523. The Hall–Kier alpha value is -3.20. The van der Waals surface area contributed by atoms with Gasteiger partial charge in [0.15, 0.2) is 0 Å². The number of carbonyl (C=O) groups is 1. The van der Waals surface area contributed by atoms with Crippen molar-refractivity contribution in [2.45, 2.75) is 38.3 Å². The van der Waals surface area contributed by atoms with E-state index >= 15 is 0 Å². The maximum absolute atomic E-state index is 12.6. The first-order valence-corrected chi connectivity index (χ1v) is 10.9. The summed E-state index contributed by atoms with van der Waals surface area (Å²) < 4.78 is 2.08. The molecule has 4 heterocycles. The Morgan fingerprint density at radius 3 is 2.87 bits per heavy atom. The van der Waals surface area contributed by atoms with Crippen LogP contribution in [0.4, 0.5) is 17.3 Å². The number of amides is 1. The van der Waals surface area contributed by atoms with Gasteiger partial charge in [0.05, 0.1) is 24.0 Å². The molecular weight excluding hydrogens is 392 g/mol. The van der Waals surface area contributed by atoms with Crippen molar-refractivity contribution in [2.75, 3.05) is 36.4 Å². The lowest BCUT2D eigenvalue weighted by Gasteiger charge is -2.30. The largest absolute Gasteiger partial charge is 0.368 e. The number of hydrogen-bond acceptors (Lipinski definition) is 5. The molecule has 1 aliphatic carbocycles. The number of aryl methyl sites for hydroxylation is 1. The Kier molecular flexibility index (Phi) is 5.19. The number of carbonyl (C=O) groups excluding carboxylic acids is 1. The highest BCUT2D eigenvalue weighted by Crippen LogP contribution is 2.40. The summed E-state index contributed by atoms with van der Waals surface area (Å²) in [5, 5.41) is 9.66. The second kappa shape index (κ2) is 8.14. The van der Waals surface area contributed by atoms with Crippen molar-refractivity contribution in [3.05, 3.63) is 35.7 Å². The van der Waals surface area contributed by atoms with E-state index in [1.807, 2.05) is 25.3 Å². The smallest absolute Gasteiger partial charge is 0.268 e. The second-order valence-electron chi connectivity index (χ2n) is 8.34. The van der Waals surface area contributed by atoms with Crippen LogP contribution in [0.2, 0.25) is 0 Å². The van der Waals surface area contributed by atoms with Crippen LogP contribution in [0.5, 0.6) is 0 Å². The van der Waals surface area contributed by atoms with Crippen molar-refractivity contribution in [2.24, 2.45) is 9.98 Å². The predicted octanol–water partition coefficient (Wildman–Crippen LogP) is 2.24. The molecule has 1 amide bonds. The first-order chi connectivity index (χ1) is 15.1. The minimum Gasteiger partial charge on any atom is -0.368 e. The Bertz CT molecular complexity index is 1020. The molecule has 0 spiro atoms. The van der Waals surface area contributed by atoms with Crippen molar-refractivity contribution in [1.82, 2.24) is 20.2 Å². The van der Waals surface area contributed by atoms with E-state index in [1.54, 1.807) is 0 Å². The number of aromatic nitrogens is 2. The number of nitrogens with one attached hydrogen (secondary N) is 3. The van der Waals surface area contributed by atoms with Gasteiger partial charge in [0.1, 0.15) is 17.3 Å². The number of pyridine rings is 1. The van der Waals surface area contributed by atoms with E-state index in [9.17, 15) is 4.79 Å². The second-order valence-corrected chi connectivity index (χ2v) is 8.34. The fraction of sp³-hybridized carbons (Fsp3) is 0.455. The van der Waals surface area contributed by atoms with Crippen molar-refractivity contribution in [3.63, 3.8) is 0 Å². The molecule has 9 nitrogen and oxygen atoms in total. The van der Waals surface area contributed by atoms with Crippen LogP contribution >= 0.6 is 0 Å². The van der Waals surface area contributed by atoms with Gasteiger partial charge in [0, 0.05) is 26.2 Å². The molecule has 2 atom stereocenters. The number of fused-ring (bicyclic) bond motifs is 3. The van der Waals surface area contributed by atoms with Crippen LogP contribution in [0.25, 0.3) is 0 Å². The molecule has 5 rings (SSSR count). The lowest BCUT2D eigenvalue weighted by atomic mass is 10.1. The fourth-order valence-electron chi connectivity index (χ4n) is 4.84. The van der Waals surface area contributed by atoms with Gasteiger partial charge in [-0.05, 0) is 56.7 Å². The third kappa shape index (κ3) is 3.69. The number of rotatable bonds is 3. The third-order valence-corrected chi connectivity index (χ3v) is 6.39. The molecule has 0 radical (unpaired) electrons. The van der Waals surface area contributed by atoms with Crippen LogP contribution in [0.1, 0.15) is 41.4 Å². The highest BCUT2D eigenvalue weighted by atomic mass is 16.2. The minimum absolute atomic E-state index is 0.0288. The van der Waals surface area contributed by atoms with Crippen LogP contribution in [0.15, 0.2) is 34.4 Å². The van der Waals surface area contributed by atoms with E-state index in [0.29, 0.717) is 17.5 Å². The van der Waals surface area contributed by atoms with Crippen molar-refractivity contribution >= 4 is 35.9 Å². The molecule has 2 aromatic rings. The van der Waals surface area contributed by atoms with Crippen LogP contribution in [-0.2, 0) is 0 Å². The number of piperazine rings is 1. The Balaban J connectivity index is 1.40. The zero-order chi connectivity index (χ0) is 21.4. The Morgan fingerprint density at radius 1 is 1.29 bits per heavy atom.